The molecule has 1 aliphatic rings. The normalized spacial score (nSPS) is 23.4. The largest absolute Gasteiger partial charge is 0.310 e. The average molecular weight is 231 g/mol. The molecule has 17 heavy (non-hydrogen) atoms. The summed E-state index contributed by atoms with van der Waals surface area (Å²) in [5, 5.41) is 3.67. The van der Waals surface area contributed by atoms with Crippen molar-refractivity contribution in [2.75, 3.05) is 6.54 Å². The Hall–Kier alpha value is -0.820. The summed E-state index contributed by atoms with van der Waals surface area (Å²) < 4.78 is 0. The maximum atomic E-state index is 3.67. The molecule has 94 valence electrons. The van der Waals surface area contributed by atoms with Crippen molar-refractivity contribution >= 4 is 0 Å². The minimum absolute atomic E-state index is 0.523. The van der Waals surface area contributed by atoms with Gasteiger partial charge in [-0.2, -0.15) is 0 Å². The first-order valence-electron chi connectivity index (χ1n) is 6.90. The minimum atomic E-state index is 0.523. The summed E-state index contributed by atoms with van der Waals surface area (Å²) in [6.45, 7) is 10.2. The molecular formula is C16H25N. The third-order valence-electron chi connectivity index (χ3n) is 4.13. The van der Waals surface area contributed by atoms with Gasteiger partial charge in [-0.3, -0.25) is 0 Å². The van der Waals surface area contributed by atoms with Gasteiger partial charge >= 0.3 is 0 Å². The van der Waals surface area contributed by atoms with E-state index in [0.29, 0.717) is 11.5 Å². The van der Waals surface area contributed by atoms with E-state index in [1.165, 1.54) is 17.5 Å². The number of aryl methyl sites for hydroxylation is 1. The summed E-state index contributed by atoms with van der Waals surface area (Å²) in [6.07, 6.45) is 2.47. The molecule has 0 aromatic heterocycles. The van der Waals surface area contributed by atoms with Crippen molar-refractivity contribution in [2.24, 2.45) is 11.3 Å². The minimum Gasteiger partial charge on any atom is -0.310 e. The molecule has 0 radical (unpaired) electrons. The molecule has 1 fully saturated rings. The molecule has 2 atom stereocenters. The molecule has 1 aliphatic carbocycles. The molecule has 0 aliphatic heterocycles. The second-order valence-electron chi connectivity index (χ2n) is 5.93. The van der Waals surface area contributed by atoms with Crippen molar-refractivity contribution in [2.45, 2.75) is 46.6 Å². The van der Waals surface area contributed by atoms with Crippen LogP contribution in [0.3, 0.4) is 0 Å². The Morgan fingerprint density at radius 1 is 1.35 bits per heavy atom. The van der Waals surface area contributed by atoms with Gasteiger partial charge in [-0.15, -0.1) is 0 Å². The van der Waals surface area contributed by atoms with Gasteiger partial charge in [0.05, 0.1) is 0 Å². The van der Waals surface area contributed by atoms with Crippen molar-refractivity contribution in [1.82, 2.24) is 5.32 Å². The maximum absolute atomic E-state index is 3.67. The Kier molecular flexibility index (Phi) is 3.58. The monoisotopic (exact) mass is 231 g/mol. The molecule has 2 rings (SSSR count). The van der Waals surface area contributed by atoms with E-state index in [0.717, 1.165) is 18.9 Å². The van der Waals surface area contributed by atoms with Crippen LogP contribution in [-0.2, 0) is 6.42 Å². The fourth-order valence-corrected chi connectivity index (χ4v) is 2.80. The quantitative estimate of drug-likeness (QED) is 0.809. The van der Waals surface area contributed by atoms with Crippen LogP contribution in [0.1, 0.15) is 51.3 Å². The third kappa shape index (κ3) is 2.71. The summed E-state index contributed by atoms with van der Waals surface area (Å²) in [6, 6.07) is 9.63. The predicted molar refractivity (Wildman–Crippen MR) is 74.1 cm³/mol. The number of hydrogen-bond acceptors (Lipinski definition) is 1. The molecule has 1 heteroatoms. The number of hydrogen-bond donors (Lipinski definition) is 1. The maximum Gasteiger partial charge on any atom is 0.0353 e. The van der Waals surface area contributed by atoms with E-state index in [1.807, 2.05) is 0 Å². The SMILES string of the molecule is CCNC(c1cccc(CC)c1)C1CC1(C)C. The van der Waals surface area contributed by atoms with Gasteiger partial charge in [0.15, 0.2) is 0 Å². The van der Waals surface area contributed by atoms with Crippen LogP contribution >= 0.6 is 0 Å². The second kappa shape index (κ2) is 4.81. The molecule has 0 saturated heterocycles. The van der Waals surface area contributed by atoms with Gasteiger partial charge in [0.1, 0.15) is 0 Å². The van der Waals surface area contributed by atoms with Gasteiger partial charge in [0.25, 0.3) is 0 Å². The Bertz CT molecular complexity index is 381. The fraction of sp³-hybridized carbons (Fsp3) is 0.625. The molecule has 1 N–H and O–H groups in total. The van der Waals surface area contributed by atoms with E-state index in [9.17, 15) is 0 Å². The highest BCUT2D eigenvalue weighted by Gasteiger charge is 2.50. The first-order valence-corrected chi connectivity index (χ1v) is 6.90. The molecule has 1 saturated carbocycles. The molecule has 1 aromatic carbocycles. The standard InChI is InChI=1S/C16H25N/c1-5-12-8-7-9-13(10-12)15(17-6-2)14-11-16(14,3)4/h7-10,14-15,17H,5-6,11H2,1-4H3. The van der Waals surface area contributed by atoms with Crippen LogP contribution in [0.15, 0.2) is 24.3 Å². The molecule has 0 heterocycles. The van der Waals surface area contributed by atoms with E-state index in [-0.39, 0.29) is 0 Å². The van der Waals surface area contributed by atoms with Gasteiger partial charge in [-0.05, 0) is 41.8 Å². The summed E-state index contributed by atoms with van der Waals surface area (Å²) >= 11 is 0. The molecular weight excluding hydrogens is 206 g/mol. The lowest BCUT2D eigenvalue weighted by Gasteiger charge is -2.21. The van der Waals surface area contributed by atoms with Crippen molar-refractivity contribution in [3.8, 4) is 0 Å². The van der Waals surface area contributed by atoms with Crippen LogP contribution in [0, 0.1) is 11.3 Å². The van der Waals surface area contributed by atoms with Gasteiger partial charge in [0, 0.05) is 6.04 Å². The zero-order chi connectivity index (χ0) is 12.5. The summed E-state index contributed by atoms with van der Waals surface area (Å²) in [5.41, 5.74) is 3.44. The molecule has 0 amide bonds. The highest BCUT2D eigenvalue weighted by molar-refractivity contribution is 5.28. The fourth-order valence-electron chi connectivity index (χ4n) is 2.80. The summed E-state index contributed by atoms with van der Waals surface area (Å²) in [4.78, 5) is 0. The van der Waals surface area contributed by atoms with E-state index < -0.39 is 0 Å². The van der Waals surface area contributed by atoms with Crippen LogP contribution in [0.5, 0.6) is 0 Å². The van der Waals surface area contributed by atoms with Crippen LogP contribution < -0.4 is 5.32 Å². The van der Waals surface area contributed by atoms with E-state index in [1.54, 1.807) is 0 Å². The molecule has 0 spiro atoms. The van der Waals surface area contributed by atoms with Gasteiger partial charge in [0.2, 0.25) is 0 Å². The van der Waals surface area contributed by atoms with Crippen molar-refractivity contribution in [1.29, 1.82) is 0 Å². The Labute approximate surface area is 106 Å². The lowest BCUT2D eigenvalue weighted by Crippen LogP contribution is -2.24. The summed E-state index contributed by atoms with van der Waals surface area (Å²) in [7, 11) is 0. The lowest BCUT2D eigenvalue weighted by molar-refractivity contribution is 0.423. The lowest BCUT2D eigenvalue weighted by atomic mass is 9.95. The van der Waals surface area contributed by atoms with Crippen LogP contribution in [-0.4, -0.2) is 6.54 Å². The smallest absolute Gasteiger partial charge is 0.0353 e. The molecule has 1 nitrogen and oxygen atoms in total. The van der Waals surface area contributed by atoms with Crippen molar-refractivity contribution < 1.29 is 0 Å². The van der Waals surface area contributed by atoms with E-state index in [2.05, 4.69) is 57.3 Å². The van der Waals surface area contributed by atoms with Gasteiger partial charge < -0.3 is 5.32 Å². The van der Waals surface area contributed by atoms with Gasteiger partial charge in [-0.1, -0.05) is 52.0 Å². The van der Waals surface area contributed by atoms with Gasteiger partial charge in [-0.25, -0.2) is 0 Å². The Morgan fingerprint density at radius 2 is 2.06 bits per heavy atom. The topological polar surface area (TPSA) is 12.0 Å². The average Bonchev–Trinajstić information content (AvgIpc) is 2.95. The van der Waals surface area contributed by atoms with Crippen LogP contribution in [0.25, 0.3) is 0 Å². The number of benzene rings is 1. The molecule has 1 aromatic rings. The predicted octanol–water partition coefficient (Wildman–Crippen LogP) is 3.95. The van der Waals surface area contributed by atoms with Crippen molar-refractivity contribution in [3.05, 3.63) is 35.4 Å². The second-order valence-corrected chi connectivity index (χ2v) is 5.93. The zero-order valence-corrected chi connectivity index (χ0v) is 11.6. The molecule has 0 bridgehead atoms. The Balaban J connectivity index is 2.20. The van der Waals surface area contributed by atoms with Crippen LogP contribution in [0.4, 0.5) is 0 Å². The molecule has 2 unspecified atom stereocenters. The van der Waals surface area contributed by atoms with E-state index in [4.69, 9.17) is 0 Å². The first kappa shape index (κ1) is 12.6. The number of rotatable bonds is 5. The van der Waals surface area contributed by atoms with Crippen molar-refractivity contribution in [3.63, 3.8) is 0 Å². The summed E-state index contributed by atoms with van der Waals surface area (Å²) in [5.74, 6) is 0.801. The Morgan fingerprint density at radius 3 is 2.59 bits per heavy atom. The highest BCUT2D eigenvalue weighted by Crippen LogP contribution is 2.57. The number of nitrogens with one attached hydrogen (secondary N) is 1. The van der Waals surface area contributed by atoms with E-state index >= 15 is 0 Å². The zero-order valence-electron chi connectivity index (χ0n) is 11.6. The third-order valence-corrected chi connectivity index (χ3v) is 4.13. The van der Waals surface area contributed by atoms with Crippen LogP contribution in [0.2, 0.25) is 0 Å². The highest BCUT2D eigenvalue weighted by atomic mass is 14.9. The first-order chi connectivity index (χ1) is 8.08.